The first-order chi connectivity index (χ1) is 14.1. The summed E-state index contributed by atoms with van der Waals surface area (Å²) >= 11 is 6.10. The smallest absolute Gasteiger partial charge is 0.339 e. The number of rotatable bonds is 8. The van der Waals surface area contributed by atoms with E-state index in [1.165, 1.54) is 53.7 Å². The van der Waals surface area contributed by atoms with Gasteiger partial charge in [0.05, 0.1) is 21.2 Å². The number of hydrogen-bond donors (Lipinski definition) is 2. The highest BCUT2D eigenvalue weighted by atomic mass is 35.5. The van der Waals surface area contributed by atoms with E-state index in [0.717, 1.165) is 0 Å². The predicted octanol–water partition coefficient (Wildman–Crippen LogP) is 3.26. The van der Waals surface area contributed by atoms with Gasteiger partial charge in [0.1, 0.15) is 5.75 Å². The molecule has 0 saturated carbocycles. The van der Waals surface area contributed by atoms with Gasteiger partial charge in [0, 0.05) is 13.1 Å². The minimum atomic E-state index is -3.74. The lowest BCUT2D eigenvalue weighted by Gasteiger charge is -2.19. The first kappa shape index (κ1) is 23.7. The van der Waals surface area contributed by atoms with Crippen molar-refractivity contribution in [2.24, 2.45) is 0 Å². The van der Waals surface area contributed by atoms with Gasteiger partial charge in [-0.2, -0.15) is 4.31 Å². The number of esters is 1. The normalized spacial score (nSPS) is 12.4. The highest BCUT2D eigenvalue weighted by Gasteiger charge is 2.24. The van der Waals surface area contributed by atoms with E-state index in [1.54, 1.807) is 13.8 Å². The molecule has 0 aromatic heterocycles. The van der Waals surface area contributed by atoms with Gasteiger partial charge in [0.15, 0.2) is 6.10 Å². The van der Waals surface area contributed by atoms with Crippen LogP contribution in [0, 0.1) is 0 Å². The number of benzene rings is 2. The zero-order valence-electron chi connectivity index (χ0n) is 16.8. The van der Waals surface area contributed by atoms with Crippen LogP contribution in [0.4, 0.5) is 5.69 Å². The van der Waals surface area contributed by atoms with Gasteiger partial charge in [0.2, 0.25) is 10.0 Å². The summed E-state index contributed by atoms with van der Waals surface area (Å²) in [6.07, 6.45) is -1.20. The van der Waals surface area contributed by atoms with Crippen LogP contribution < -0.4 is 5.32 Å². The molecule has 2 aromatic carbocycles. The number of aromatic hydroxyl groups is 1. The van der Waals surface area contributed by atoms with Crippen LogP contribution in [-0.2, 0) is 19.6 Å². The van der Waals surface area contributed by atoms with Crippen molar-refractivity contribution in [3.63, 3.8) is 0 Å². The lowest BCUT2D eigenvalue weighted by molar-refractivity contribution is -0.123. The van der Waals surface area contributed by atoms with Gasteiger partial charge < -0.3 is 15.2 Å². The average Bonchev–Trinajstić information content (AvgIpc) is 2.70. The third kappa shape index (κ3) is 5.50. The van der Waals surface area contributed by atoms with Gasteiger partial charge in [-0.25, -0.2) is 13.2 Å². The number of phenols is 1. The van der Waals surface area contributed by atoms with Crippen molar-refractivity contribution in [3.8, 4) is 5.75 Å². The monoisotopic (exact) mass is 454 g/mol. The second-order valence-electron chi connectivity index (χ2n) is 6.32. The molecule has 1 amide bonds. The van der Waals surface area contributed by atoms with Crippen molar-refractivity contribution < 1.29 is 27.9 Å². The van der Waals surface area contributed by atoms with Crippen LogP contribution in [0.25, 0.3) is 0 Å². The Labute approximate surface area is 180 Å². The van der Waals surface area contributed by atoms with Crippen molar-refractivity contribution >= 4 is 39.2 Å². The van der Waals surface area contributed by atoms with Crippen LogP contribution in [0.1, 0.15) is 31.1 Å². The fourth-order valence-electron chi connectivity index (χ4n) is 2.62. The average molecular weight is 455 g/mol. The number of phenolic OH excluding ortho intramolecular Hbond substituents is 1. The first-order valence-electron chi connectivity index (χ1n) is 9.20. The highest BCUT2D eigenvalue weighted by molar-refractivity contribution is 7.89. The van der Waals surface area contributed by atoms with Crippen LogP contribution in [0.3, 0.4) is 0 Å². The summed E-state index contributed by atoms with van der Waals surface area (Å²) in [6, 6.07) is 9.51. The fourth-order valence-corrected chi connectivity index (χ4v) is 4.27. The Balaban J connectivity index is 2.17. The van der Waals surface area contributed by atoms with E-state index in [1.807, 2.05) is 0 Å². The number of ether oxygens (including phenoxy) is 1. The lowest BCUT2D eigenvalue weighted by atomic mass is 10.2. The molecule has 0 fully saturated rings. The molecule has 162 valence electrons. The van der Waals surface area contributed by atoms with Crippen molar-refractivity contribution in [3.05, 3.63) is 53.1 Å². The standard InChI is InChI=1S/C20H23ClN2O6S/c1-4-23(5-2)30(27,28)16-9-10-17(21)18(12-16)22-19(25)13(3)29-20(26)14-7-6-8-15(24)11-14/h6-13,24H,4-5H2,1-3H3,(H,22,25). The predicted molar refractivity (Wildman–Crippen MR) is 113 cm³/mol. The summed E-state index contributed by atoms with van der Waals surface area (Å²) in [5, 5.41) is 12.1. The van der Waals surface area contributed by atoms with Crippen LogP contribution in [0.2, 0.25) is 5.02 Å². The van der Waals surface area contributed by atoms with E-state index >= 15 is 0 Å². The van der Waals surface area contributed by atoms with Crippen molar-refractivity contribution in [1.82, 2.24) is 4.31 Å². The molecule has 0 spiro atoms. The van der Waals surface area contributed by atoms with Gasteiger partial charge in [-0.3, -0.25) is 4.79 Å². The SMILES string of the molecule is CCN(CC)S(=O)(=O)c1ccc(Cl)c(NC(=O)C(C)OC(=O)c2cccc(O)c2)c1. The number of carbonyl (C=O) groups excluding carboxylic acids is 2. The van der Waals surface area contributed by atoms with E-state index in [4.69, 9.17) is 16.3 Å². The molecule has 0 radical (unpaired) electrons. The molecule has 1 unspecified atom stereocenters. The maximum atomic E-state index is 12.7. The summed E-state index contributed by atoms with van der Waals surface area (Å²) in [5.41, 5.74) is 0.162. The molecule has 0 heterocycles. The largest absolute Gasteiger partial charge is 0.508 e. The minimum absolute atomic E-state index is 0.0182. The molecule has 10 heteroatoms. The molecule has 0 bridgehead atoms. The van der Waals surface area contributed by atoms with Crippen LogP contribution in [-0.4, -0.2) is 48.9 Å². The Kier molecular flexibility index (Phi) is 7.83. The molecular formula is C20H23ClN2O6S. The number of sulfonamides is 1. The van der Waals surface area contributed by atoms with E-state index in [2.05, 4.69) is 5.32 Å². The van der Waals surface area contributed by atoms with Crippen molar-refractivity contribution in [2.45, 2.75) is 31.8 Å². The third-order valence-electron chi connectivity index (χ3n) is 4.27. The number of halogens is 1. The van der Waals surface area contributed by atoms with Gasteiger partial charge in [-0.15, -0.1) is 0 Å². The van der Waals surface area contributed by atoms with Gasteiger partial charge in [-0.1, -0.05) is 31.5 Å². The highest BCUT2D eigenvalue weighted by Crippen LogP contribution is 2.27. The van der Waals surface area contributed by atoms with Crippen LogP contribution in [0.15, 0.2) is 47.4 Å². The molecule has 1 atom stereocenters. The number of carbonyl (C=O) groups is 2. The molecule has 0 aliphatic carbocycles. The van der Waals surface area contributed by atoms with Crippen LogP contribution in [0.5, 0.6) is 5.75 Å². The first-order valence-corrected chi connectivity index (χ1v) is 11.0. The summed E-state index contributed by atoms with van der Waals surface area (Å²) in [7, 11) is -3.74. The van der Waals surface area contributed by atoms with E-state index < -0.39 is 28.0 Å². The fraction of sp³-hybridized carbons (Fsp3) is 0.300. The molecule has 0 aliphatic heterocycles. The molecule has 8 nitrogen and oxygen atoms in total. The number of anilines is 1. The van der Waals surface area contributed by atoms with Gasteiger partial charge >= 0.3 is 5.97 Å². The quantitative estimate of drug-likeness (QED) is 0.592. The summed E-state index contributed by atoms with van der Waals surface area (Å²) < 4.78 is 31.8. The Morgan fingerprint density at radius 1 is 1.17 bits per heavy atom. The zero-order chi connectivity index (χ0) is 22.5. The number of amides is 1. The lowest BCUT2D eigenvalue weighted by Crippen LogP contribution is -2.31. The van der Waals surface area contributed by atoms with Crippen LogP contribution >= 0.6 is 11.6 Å². The maximum Gasteiger partial charge on any atom is 0.339 e. The Morgan fingerprint density at radius 2 is 1.83 bits per heavy atom. The molecule has 30 heavy (non-hydrogen) atoms. The molecule has 2 rings (SSSR count). The van der Waals surface area contributed by atoms with E-state index in [9.17, 15) is 23.1 Å². The summed E-state index contributed by atoms with van der Waals surface area (Å²) in [5.74, 6) is -1.60. The molecule has 2 N–H and O–H groups in total. The minimum Gasteiger partial charge on any atom is -0.508 e. The molecule has 2 aromatic rings. The topological polar surface area (TPSA) is 113 Å². The second-order valence-corrected chi connectivity index (χ2v) is 8.66. The Hall–Kier alpha value is -2.62. The van der Waals surface area contributed by atoms with Gasteiger partial charge in [0.25, 0.3) is 5.91 Å². The number of nitrogens with one attached hydrogen (secondary N) is 1. The second kappa shape index (κ2) is 9.92. The maximum absolute atomic E-state index is 12.7. The number of hydrogen-bond acceptors (Lipinski definition) is 6. The molecule has 0 saturated heterocycles. The molecular weight excluding hydrogens is 432 g/mol. The Morgan fingerprint density at radius 3 is 2.43 bits per heavy atom. The molecule has 0 aliphatic rings. The summed E-state index contributed by atoms with van der Waals surface area (Å²) in [6.45, 7) is 5.40. The number of nitrogens with zero attached hydrogens (tertiary/aromatic N) is 1. The Bertz CT molecular complexity index is 1040. The zero-order valence-corrected chi connectivity index (χ0v) is 18.3. The van der Waals surface area contributed by atoms with Crippen molar-refractivity contribution in [2.75, 3.05) is 18.4 Å². The van der Waals surface area contributed by atoms with E-state index in [-0.39, 0.29) is 26.9 Å². The van der Waals surface area contributed by atoms with E-state index in [0.29, 0.717) is 13.1 Å². The van der Waals surface area contributed by atoms with Gasteiger partial charge in [-0.05, 0) is 43.3 Å². The third-order valence-corrected chi connectivity index (χ3v) is 6.65. The summed E-state index contributed by atoms with van der Waals surface area (Å²) in [4.78, 5) is 24.6. The van der Waals surface area contributed by atoms with Crippen molar-refractivity contribution in [1.29, 1.82) is 0 Å².